The summed E-state index contributed by atoms with van der Waals surface area (Å²) >= 11 is 7.76. The van der Waals surface area contributed by atoms with Crippen LogP contribution in [0.1, 0.15) is 17.3 Å². The maximum absolute atomic E-state index is 13.3. The summed E-state index contributed by atoms with van der Waals surface area (Å²) in [4.78, 5) is 22.5. The highest BCUT2D eigenvalue weighted by atomic mass is 35.5. The highest BCUT2D eigenvalue weighted by Gasteiger charge is 2.17. The first-order chi connectivity index (χ1) is 15.7. The van der Waals surface area contributed by atoms with Crippen molar-refractivity contribution in [1.29, 1.82) is 0 Å². The van der Waals surface area contributed by atoms with Gasteiger partial charge in [-0.2, -0.15) is 4.98 Å². The molecular weight excluding hydrogens is 444 g/mol. The second-order valence-corrected chi connectivity index (χ2v) is 8.41. The number of nitrogens with zero attached hydrogens (tertiary/aromatic N) is 4. The van der Waals surface area contributed by atoms with Crippen LogP contribution >= 0.6 is 23.4 Å². The highest BCUT2D eigenvalue weighted by molar-refractivity contribution is 7.98. The van der Waals surface area contributed by atoms with E-state index in [1.165, 1.54) is 16.3 Å². The number of benzene rings is 3. The summed E-state index contributed by atoms with van der Waals surface area (Å²) in [6.07, 6.45) is 0.591. The Labute approximate surface area is 192 Å². The van der Waals surface area contributed by atoms with Gasteiger partial charge in [-0.3, -0.25) is 9.36 Å². The Hall–Kier alpha value is -3.42. The van der Waals surface area contributed by atoms with Crippen LogP contribution in [0.4, 0.5) is 0 Å². The van der Waals surface area contributed by atoms with Crippen LogP contribution in [0, 0.1) is 0 Å². The van der Waals surface area contributed by atoms with Gasteiger partial charge in [0.25, 0.3) is 5.56 Å². The molecule has 3 aromatic carbocycles. The van der Waals surface area contributed by atoms with E-state index in [4.69, 9.17) is 21.1 Å². The average molecular weight is 461 g/mol. The molecule has 0 radical (unpaired) electrons. The normalized spacial score (nSPS) is 11.2. The summed E-state index contributed by atoms with van der Waals surface area (Å²) < 4.78 is 6.96. The van der Waals surface area contributed by atoms with Gasteiger partial charge in [0.05, 0.1) is 27.4 Å². The van der Waals surface area contributed by atoms with Gasteiger partial charge in [-0.15, -0.1) is 0 Å². The number of hydrogen-bond acceptors (Lipinski definition) is 6. The molecule has 0 aliphatic rings. The standard InChI is InChI=1S/C24H17ClN4O2S/c25-18-11-5-7-13-20(18)29-23(30)17-10-4-6-12-19(17)26-24(29)32-15-22-27-21(28-31-22)14-16-8-2-1-3-9-16/h1-13H,14-15H2. The zero-order valence-electron chi connectivity index (χ0n) is 16.8. The third-order valence-electron chi connectivity index (χ3n) is 4.88. The summed E-state index contributed by atoms with van der Waals surface area (Å²) in [5, 5.41) is 5.58. The van der Waals surface area contributed by atoms with Gasteiger partial charge in [0.15, 0.2) is 11.0 Å². The van der Waals surface area contributed by atoms with Gasteiger partial charge >= 0.3 is 0 Å². The van der Waals surface area contributed by atoms with Gasteiger partial charge < -0.3 is 4.52 Å². The third kappa shape index (κ3) is 4.17. The van der Waals surface area contributed by atoms with E-state index in [-0.39, 0.29) is 5.56 Å². The number of hydrogen-bond donors (Lipinski definition) is 0. The maximum Gasteiger partial charge on any atom is 0.266 e. The van der Waals surface area contributed by atoms with E-state index in [1.54, 1.807) is 18.2 Å². The molecule has 0 fully saturated rings. The molecule has 0 spiro atoms. The van der Waals surface area contributed by atoms with Crippen molar-refractivity contribution in [2.75, 3.05) is 0 Å². The molecule has 0 N–H and O–H groups in total. The molecule has 2 heterocycles. The van der Waals surface area contributed by atoms with Gasteiger partial charge in [-0.05, 0) is 29.8 Å². The van der Waals surface area contributed by atoms with E-state index in [1.807, 2.05) is 60.7 Å². The largest absolute Gasteiger partial charge is 0.338 e. The second-order valence-electron chi connectivity index (χ2n) is 7.06. The fourth-order valence-corrected chi connectivity index (χ4v) is 4.44. The van der Waals surface area contributed by atoms with Crippen LogP contribution in [0.15, 0.2) is 93.3 Å². The van der Waals surface area contributed by atoms with Crippen LogP contribution in [-0.2, 0) is 12.2 Å². The molecule has 0 saturated carbocycles. The van der Waals surface area contributed by atoms with E-state index in [0.29, 0.717) is 50.7 Å². The van der Waals surface area contributed by atoms with Gasteiger partial charge in [0.1, 0.15) is 0 Å². The Morgan fingerprint density at radius 2 is 1.66 bits per heavy atom. The minimum atomic E-state index is -0.179. The second kappa shape index (κ2) is 8.98. The van der Waals surface area contributed by atoms with E-state index in [2.05, 4.69) is 10.1 Å². The Morgan fingerprint density at radius 1 is 0.906 bits per heavy atom. The van der Waals surface area contributed by atoms with Crippen molar-refractivity contribution in [3.8, 4) is 5.69 Å². The van der Waals surface area contributed by atoms with Crippen molar-refractivity contribution in [2.24, 2.45) is 0 Å². The summed E-state index contributed by atoms with van der Waals surface area (Å²) in [5.41, 5.74) is 2.13. The van der Waals surface area contributed by atoms with Crippen LogP contribution < -0.4 is 5.56 Å². The Kier molecular flexibility index (Phi) is 5.75. The molecule has 5 aromatic rings. The Morgan fingerprint density at radius 3 is 2.50 bits per heavy atom. The summed E-state index contributed by atoms with van der Waals surface area (Å²) in [5.74, 6) is 1.45. The van der Waals surface area contributed by atoms with Crippen LogP contribution in [0.2, 0.25) is 5.02 Å². The third-order valence-corrected chi connectivity index (χ3v) is 6.12. The average Bonchev–Trinajstić information content (AvgIpc) is 3.26. The molecule has 2 aromatic heterocycles. The fourth-order valence-electron chi connectivity index (χ4n) is 3.38. The number of rotatable bonds is 6. The molecule has 0 amide bonds. The number of para-hydroxylation sites is 2. The van der Waals surface area contributed by atoms with Gasteiger partial charge in [0, 0.05) is 6.42 Å². The van der Waals surface area contributed by atoms with Gasteiger partial charge in [0.2, 0.25) is 5.89 Å². The molecule has 5 rings (SSSR count). The first kappa shape index (κ1) is 20.5. The number of aromatic nitrogens is 4. The molecule has 0 aliphatic heterocycles. The van der Waals surface area contributed by atoms with Crippen LogP contribution in [0.25, 0.3) is 16.6 Å². The lowest BCUT2D eigenvalue weighted by Gasteiger charge is -2.13. The van der Waals surface area contributed by atoms with E-state index in [9.17, 15) is 4.79 Å². The number of halogens is 1. The smallest absolute Gasteiger partial charge is 0.266 e. The van der Waals surface area contributed by atoms with Gasteiger partial charge in [-0.25, -0.2) is 4.98 Å². The van der Waals surface area contributed by atoms with E-state index >= 15 is 0 Å². The van der Waals surface area contributed by atoms with Crippen molar-refractivity contribution >= 4 is 34.3 Å². The van der Waals surface area contributed by atoms with Crippen molar-refractivity contribution in [1.82, 2.24) is 19.7 Å². The predicted octanol–water partition coefficient (Wildman–Crippen LogP) is 5.31. The maximum atomic E-state index is 13.3. The molecule has 0 bridgehead atoms. The first-order valence-corrected chi connectivity index (χ1v) is 11.3. The quantitative estimate of drug-likeness (QED) is 0.252. The lowest BCUT2D eigenvalue weighted by atomic mass is 10.1. The molecule has 0 saturated heterocycles. The number of thioether (sulfide) groups is 1. The Balaban J connectivity index is 1.47. The lowest BCUT2D eigenvalue weighted by molar-refractivity contribution is 0.385. The molecule has 8 heteroatoms. The fraction of sp³-hybridized carbons (Fsp3) is 0.0833. The minimum Gasteiger partial charge on any atom is -0.338 e. The summed E-state index contributed by atoms with van der Waals surface area (Å²) in [6, 6.07) is 24.4. The molecule has 0 unspecified atom stereocenters. The molecular formula is C24H17ClN4O2S. The molecule has 0 atom stereocenters. The summed E-state index contributed by atoms with van der Waals surface area (Å²) in [7, 11) is 0. The van der Waals surface area contributed by atoms with Crippen molar-refractivity contribution in [2.45, 2.75) is 17.3 Å². The predicted molar refractivity (Wildman–Crippen MR) is 125 cm³/mol. The highest BCUT2D eigenvalue weighted by Crippen LogP contribution is 2.27. The molecule has 158 valence electrons. The molecule has 0 aliphatic carbocycles. The van der Waals surface area contributed by atoms with Crippen molar-refractivity contribution in [3.05, 3.63) is 112 Å². The van der Waals surface area contributed by atoms with Crippen LogP contribution in [0.3, 0.4) is 0 Å². The zero-order valence-corrected chi connectivity index (χ0v) is 18.4. The zero-order chi connectivity index (χ0) is 21.9. The van der Waals surface area contributed by atoms with Crippen LogP contribution in [0.5, 0.6) is 0 Å². The van der Waals surface area contributed by atoms with E-state index < -0.39 is 0 Å². The van der Waals surface area contributed by atoms with E-state index in [0.717, 1.165) is 5.56 Å². The SMILES string of the molecule is O=c1c2ccccc2nc(SCc2nc(Cc3ccccc3)no2)n1-c1ccccc1Cl. The van der Waals surface area contributed by atoms with Crippen molar-refractivity contribution < 1.29 is 4.52 Å². The van der Waals surface area contributed by atoms with Crippen molar-refractivity contribution in [3.63, 3.8) is 0 Å². The lowest BCUT2D eigenvalue weighted by Crippen LogP contribution is -2.22. The minimum absolute atomic E-state index is 0.179. The van der Waals surface area contributed by atoms with Gasteiger partial charge in [-0.1, -0.05) is 83.1 Å². The van der Waals surface area contributed by atoms with Crippen LogP contribution in [-0.4, -0.2) is 19.7 Å². The summed E-state index contributed by atoms with van der Waals surface area (Å²) in [6.45, 7) is 0. The number of fused-ring (bicyclic) bond motifs is 1. The first-order valence-electron chi connectivity index (χ1n) is 9.94. The molecule has 32 heavy (non-hydrogen) atoms. The monoisotopic (exact) mass is 460 g/mol. The Bertz CT molecular complexity index is 1450. The topological polar surface area (TPSA) is 73.8 Å². The molecule has 6 nitrogen and oxygen atoms in total.